The van der Waals surface area contributed by atoms with E-state index >= 15 is 0 Å². The Bertz CT molecular complexity index is 1040. The largest absolute Gasteiger partial charge is 0.504 e. The highest BCUT2D eigenvalue weighted by atomic mass is 35.5. The number of phenolic OH excluding ortho intramolecular Hbond substituents is 3. The summed E-state index contributed by atoms with van der Waals surface area (Å²) < 4.78 is 1.17. The molecule has 0 atom stereocenters. The number of rotatable bonds is 1. The van der Waals surface area contributed by atoms with E-state index in [2.05, 4.69) is 4.98 Å². The lowest BCUT2D eigenvalue weighted by molar-refractivity contribution is 0.100. The van der Waals surface area contributed by atoms with Crippen molar-refractivity contribution in [1.29, 1.82) is 0 Å². The summed E-state index contributed by atoms with van der Waals surface area (Å²) in [6.07, 6.45) is 0. The molecule has 1 aliphatic heterocycles. The summed E-state index contributed by atoms with van der Waals surface area (Å²) in [6, 6.07) is 5.81. The van der Waals surface area contributed by atoms with Crippen molar-refractivity contribution >= 4 is 40.3 Å². The van der Waals surface area contributed by atoms with Crippen LogP contribution in [0.3, 0.4) is 0 Å². The second-order valence-electron chi connectivity index (χ2n) is 5.16. The van der Waals surface area contributed by atoms with Gasteiger partial charge in [0.2, 0.25) is 0 Å². The highest BCUT2D eigenvalue weighted by Crippen LogP contribution is 2.40. The van der Waals surface area contributed by atoms with Gasteiger partial charge in [-0.2, -0.15) is 0 Å². The summed E-state index contributed by atoms with van der Waals surface area (Å²) in [5, 5.41) is 28.8. The molecule has 1 aliphatic rings. The van der Waals surface area contributed by atoms with E-state index in [4.69, 9.17) is 11.6 Å². The number of carbonyl (C=O) groups excluding carboxylic acids is 2. The molecule has 8 nitrogen and oxygen atoms in total. The van der Waals surface area contributed by atoms with Crippen LogP contribution in [-0.4, -0.2) is 36.8 Å². The van der Waals surface area contributed by atoms with E-state index in [0.717, 1.165) is 17.0 Å². The minimum absolute atomic E-state index is 0.0726. The zero-order chi connectivity index (χ0) is 17.2. The van der Waals surface area contributed by atoms with E-state index in [1.54, 1.807) is 6.07 Å². The normalized spacial score (nSPS) is 13.8. The lowest BCUT2D eigenvalue weighted by atomic mass is 10.2. The molecule has 120 valence electrons. The van der Waals surface area contributed by atoms with Crippen LogP contribution in [0.15, 0.2) is 30.3 Å². The van der Waals surface area contributed by atoms with Gasteiger partial charge in [0.25, 0.3) is 5.91 Å². The predicted octanol–water partition coefficient (Wildman–Crippen LogP) is 2.43. The number of hydrogen-bond acceptors (Lipinski definition) is 6. The first-order valence-electron chi connectivity index (χ1n) is 6.70. The molecule has 0 aliphatic carbocycles. The third-order valence-electron chi connectivity index (χ3n) is 3.74. The van der Waals surface area contributed by atoms with Crippen molar-refractivity contribution in [3.05, 3.63) is 41.2 Å². The number of hydrogen-bond donors (Lipinski definition) is 3. The Morgan fingerprint density at radius 1 is 1.00 bits per heavy atom. The first-order valence-corrected chi connectivity index (χ1v) is 7.08. The molecule has 0 unspecified atom stereocenters. The SMILES string of the molecule is O=C1c2cc3nc(Cl)ccc3n2C(=O)N1c1cc(O)c(O)c(O)c1. The number of nitrogens with zero attached hydrogens (tertiary/aromatic N) is 3. The van der Waals surface area contributed by atoms with Gasteiger partial charge in [0.05, 0.1) is 16.7 Å². The first kappa shape index (κ1) is 14.3. The van der Waals surface area contributed by atoms with E-state index in [0.29, 0.717) is 11.0 Å². The minimum atomic E-state index is -0.734. The number of aromatic nitrogens is 2. The van der Waals surface area contributed by atoms with E-state index in [1.807, 2.05) is 0 Å². The topological polar surface area (TPSA) is 116 Å². The number of carbonyl (C=O) groups is 2. The summed E-state index contributed by atoms with van der Waals surface area (Å²) in [4.78, 5) is 30.1. The zero-order valence-corrected chi connectivity index (χ0v) is 12.5. The van der Waals surface area contributed by atoms with E-state index in [9.17, 15) is 24.9 Å². The molecular weight excluding hydrogens is 338 g/mol. The molecule has 2 aromatic heterocycles. The summed E-state index contributed by atoms with van der Waals surface area (Å²) in [7, 11) is 0. The molecule has 2 amide bonds. The van der Waals surface area contributed by atoms with Crippen LogP contribution in [0.25, 0.3) is 11.0 Å². The number of aromatic hydroxyl groups is 3. The van der Waals surface area contributed by atoms with Crippen molar-refractivity contribution in [1.82, 2.24) is 9.55 Å². The quantitative estimate of drug-likeness (QED) is 0.461. The number of pyridine rings is 1. The highest BCUT2D eigenvalue weighted by molar-refractivity contribution is 6.31. The second kappa shape index (κ2) is 4.62. The van der Waals surface area contributed by atoms with Crippen LogP contribution in [0.2, 0.25) is 5.15 Å². The number of amides is 2. The Labute approximate surface area is 138 Å². The number of halogens is 1. The Hall–Kier alpha value is -3.26. The van der Waals surface area contributed by atoms with Gasteiger partial charge in [-0.05, 0) is 18.2 Å². The molecule has 0 bridgehead atoms. The summed E-state index contributed by atoms with van der Waals surface area (Å²) in [6.45, 7) is 0. The van der Waals surface area contributed by atoms with Crippen LogP contribution in [0, 0.1) is 0 Å². The van der Waals surface area contributed by atoms with Gasteiger partial charge >= 0.3 is 6.03 Å². The van der Waals surface area contributed by atoms with Crippen molar-refractivity contribution < 1.29 is 24.9 Å². The molecule has 4 rings (SSSR count). The molecule has 24 heavy (non-hydrogen) atoms. The third kappa shape index (κ3) is 1.77. The maximum atomic E-state index is 12.7. The van der Waals surface area contributed by atoms with Crippen molar-refractivity contribution in [3.63, 3.8) is 0 Å². The van der Waals surface area contributed by atoms with Gasteiger partial charge in [0.1, 0.15) is 10.8 Å². The van der Waals surface area contributed by atoms with Gasteiger partial charge in [-0.1, -0.05) is 11.6 Å². The standard InChI is InChI=1S/C15H8ClN3O5/c16-12-2-1-8-7(17-12)5-9-14(23)18(15(24)19(8)9)6-3-10(20)13(22)11(21)4-6/h1-5,20-22H. The molecular formula is C15H8ClN3O5. The Morgan fingerprint density at radius 3 is 2.33 bits per heavy atom. The van der Waals surface area contributed by atoms with Gasteiger partial charge in [-0.25, -0.2) is 14.7 Å². The molecule has 0 radical (unpaired) electrons. The summed E-state index contributed by atoms with van der Waals surface area (Å²) in [5.74, 6) is -2.69. The fourth-order valence-corrected chi connectivity index (χ4v) is 2.83. The third-order valence-corrected chi connectivity index (χ3v) is 3.95. The molecule has 3 heterocycles. The molecule has 0 fully saturated rings. The lowest BCUT2D eigenvalue weighted by Crippen LogP contribution is -2.30. The van der Waals surface area contributed by atoms with Crippen LogP contribution >= 0.6 is 11.6 Å². The van der Waals surface area contributed by atoms with E-state index in [-0.39, 0.29) is 16.5 Å². The average Bonchev–Trinajstić information content (AvgIpc) is 3.00. The second-order valence-corrected chi connectivity index (χ2v) is 5.55. The smallest absolute Gasteiger partial charge is 0.341 e. The lowest BCUT2D eigenvalue weighted by Gasteiger charge is -2.15. The van der Waals surface area contributed by atoms with Crippen molar-refractivity contribution in [2.24, 2.45) is 0 Å². The highest BCUT2D eigenvalue weighted by Gasteiger charge is 2.39. The van der Waals surface area contributed by atoms with Crippen LogP contribution < -0.4 is 4.90 Å². The Balaban J connectivity index is 1.89. The van der Waals surface area contributed by atoms with Crippen LogP contribution in [-0.2, 0) is 0 Å². The Kier molecular flexibility index (Phi) is 2.76. The number of phenols is 3. The van der Waals surface area contributed by atoms with Gasteiger partial charge in [-0.15, -0.1) is 0 Å². The fraction of sp³-hybridized carbons (Fsp3) is 0. The number of benzene rings is 1. The molecule has 3 N–H and O–H groups in total. The number of imide groups is 1. The van der Waals surface area contributed by atoms with Crippen molar-refractivity contribution in [2.75, 3.05) is 4.90 Å². The van der Waals surface area contributed by atoms with E-state index in [1.165, 1.54) is 16.7 Å². The fourth-order valence-electron chi connectivity index (χ4n) is 2.67. The maximum Gasteiger partial charge on any atom is 0.341 e. The van der Waals surface area contributed by atoms with Gasteiger partial charge in [0.15, 0.2) is 17.2 Å². The molecule has 0 saturated carbocycles. The summed E-state index contributed by atoms with van der Waals surface area (Å²) >= 11 is 5.81. The molecule has 0 spiro atoms. The summed E-state index contributed by atoms with van der Waals surface area (Å²) in [5.41, 5.74) is 0.811. The number of fused-ring (bicyclic) bond motifs is 3. The van der Waals surface area contributed by atoms with Gasteiger partial charge < -0.3 is 15.3 Å². The van der Waals surface area contributed by atoms with Crippen LogP contribution in [0.4, 0.5) is 10.5 Å². The Morgan fingerprint density at radius 2 is 1.67 bits per heavy atom. The first-order chi connectivity index (χ1) is 11.4. The zero-order valence-electron chi connectivity index (χ0n) is 11.8. The molecule has 1 aromatic carbocycles. The van der Waals surface area contributed by atoms with Crippen molar-refractivity contribution in [3.8, 4) is 17.2 Å². The van der Waals surface area contributed by atoms with E-state index < -0.39 is 29.2 Å². The minimum Gasteiger partial charge on any atom is -0.504 e. The van der Waals surface area contributed by atoms with Gasteiger partial charge in [0, 0.05) is 12.1 Å². The van der Waals surface area contributed by atoms with Crippen LogP contribution in [0.1, 0.15) is 10.5 Å². The van der Waals surface area contributed by atoms with Crippen LogP contribution in [0.5, 0.6) is 17.2 Å². The molecule has 0 saturated heterocycles. The predicted molar refractivity (Wildman–Crippen MR) is 83.8 cm³/mol. The molecule has 3 aromatic rings. The van der Waals surface area contributed by atoms with Crippen molar-refractivity contribution in [2.45, 2.75) is 0 Å². The average molecular weight is 346 g/mol. The maximum absolute atomic E-state index is 12.7. The van der Waals surface area contributed by atoms with Gasteiger partial charge in [-0.3, -0.25) is 9.36 Å². The number of anilines is 1. The molecule has 9 heteroatoms. The monoisotopic (exact) mass is 345 g/mol.